The Morgan fingerprint density at radius 2 is 2.11 bits per heavy atom. The number of aliphatic hydroxyl groups is 1. The SMILES string of the molecule is C=C(C)C(CO)Nc1nc(Nc2cccc(Cl)c2)c2ncn(C(C)C)c2n1. The zero-order chi connectivity index (χ0) is 19.6. The fourth-order valence-corrected chi connectivity index (χ4v) is 2.82. The Hall–Kier alpha value is -2.64. The zero-order valence-corrected chi connectivity index (χ0v) is 16.3. The Balaban J connectivity index is 2.08. The average molecular weight is 387 g/mol. The molecule has 0 aliphatic heterocycles. The summed E-state index contributed by atoms with van der Waals surface area (Å²) in [4.78, 5) is 13.7. The Kier molecular flexibility index (Phi) is 5.62. The van der Waals surface area contributed by atoms with E-state index in [0.29, 0.717) is 28.0 Å². The van der Waals surface area contributed by atoms with E-state index in [4.69, 9.17) is 11.6 Å². The molecule has 0 spiro atoms. The van der Waals surface area contributed by atoms with E-state index < -0.39 is 0 Å². The maximum atomic E-state index is 9.58. The van der Waals surface area contributed by atoms with Crippen LogP contribution in [0.15, 0.2) is 42.7 Å². The van der Waals surface area contributed by atoms with Gasteiger partial charge in [-0.3, -0.25) is 0 Å². The van der Waals surface area contributed by atoms with Crippen LogP contribution in [0.4, 0.5) is 17.5 Å². The first-order valence-corrected chi connectivity index (χ1v) is 9.06. The van der Waals surface area contributed by atoms with Gasteiger partial charge in [0.05, 0.1) is 19.0 Å². The first kappa shape index (κ1) is 19.1. The first-order valence-electron chi connectivity index (χ1n) is 8.69. The number of imidazole rings is 1. The van der Waals surface area contributed by atoms with E-state index in [1.165, 1.54) is 0 Å². The van der Waals surface area contributed by atoms with Crippen molar-refractivity contribution in [2.75, 3.05) is 17.2 Å². The topological polar surface area (TPSA) is 87.9 Å². The minimum Gasteiger partial charge on any atom is -0.394 e. The predicted octanol–water partition coefficient (Wildman–Crippen LogP) is 4.15. The van der Waals surface area contributed by atoms with E-state index in [0.717, 1.165) is 11.3 Å². The van der Waals surface area contributed by atoms with Crippen LogP contribution in [-0.2, 0) is 0 Å². The lowest BCUT2D eigenvalue weighted by Crippen LogP contribution is -2.26. The number of aliphatic hydroxyl groups excluding tert-OH is 1. The van der Waals surface area contributed by atoms with Crippen LogP contribution in [0.2, 0.25) is 5.02 Å². The highest BCUT2D eigenvalue weighted by molar-refractivity contribution is 6.30. The number of rotatable bonds is 7. The van der Waals surface area contributed by atoms with Crippen molar-refractivity contribution in [3.05, 3.63) is 47.8 Å². The molecule has 0 radical (unpaired) electrons. The van der Waals surface area contributed by atoms with Gasteiger partial charge in [-0.15, -0.1) is 0 Å². The summed E-state index contributed by atoms with van der Waals surface area (Å²) < 4.78 is 1.97. The molecule has 3 aromatic rings. The summed E-state index contributed by atoms with van der Waals surface area (Å²) in [7, 11) is 0. The molecule has 0 bridgehead atoms. The van der Waals surface area contributed by atoms with Crippen LogP contribution >= 0.6 is 11.6 Å². The van der Waals surface area contributed by atoms with Gasteiger partial charge in [-0.2, -0.15) is 9.97 Å². The van der Waals surface area contributed by atoms with Crippen molar-refractivity contribution in [2.24, 2.45) is 0 Å². The number of hydrogen-bond donors (Lipinski definition) is 3. The van der Waals surface area contributed by atoms with Crippen molar-refractivity contribution in [3.63, 3.8) is 0 Å². The molecule has 0 fully saturated rings. The van der Waals surface area contributed by atoms with Gasteiger partial charge in [0.1, 0.15) is 0 Å². The number of halogens is 1. The molecule has 7 nitrogen and oxygen atoms in total. The van der Waals surface area contributed by atoms with Gasteiger partial charge in [0, 0.05) is 16.8 Å². The Labute approximate surface area is 163 Å². The van der Waals surface area contributed by atoms with Crippen molar-refractivity contribution in [1.29, 1.82) is 0 Å². The number of anilines is 3. The maximum Gasteiger partial charge on any atom is 0.227 e. The van der Waals surface area contributed by atoms with Crippen LogP contribution in [0, 0.1) is 0 Å². The van der Waals surface area contributed by atoms with Gasteiger partial charge < -0.3 is 20.3 Å². The van der Waals surface area contributed by atoms with Crippen molar-refractivity contribution in [3.8, 4) is 0 Å². The molecule has 2 aromatic heterocycles. The molecular weight excluding hydrogens is 364 g/mol. The molecule has 1 atom stereocenters. The van der Waals surface area contributed by atoms with Gasteiger partial charge in [0.25, 0.3) is 0 Å². The molecule has 3 N–H and O–H groups in total. The second-order valence-electron chi connectivity index (χ2n) is 6.67. The summed E-state index contributed by atoms with van der Waals surface area (Å²) in [5.74, 6) is 0.944. The third-order valence-corrected chi connectivity index (χ3v) is 4.38. The first-order chi connectivity index (χ1) is 12.9. The summed E-state index contributed by atoms with van der Waals surface area (Å²) in [5.41, 5.74) is 2.95. The van der Waals surface area contributed by atoms with Crippen LogP contribution in [-0.4, -0.2) is 37.3 Å². The van der Waals surface area contributed by atoms with E-state index >= 15 is 0 Å². The van der Waals surface area contributed by atoms with Gasteiger partial charge in [0.2, 0.25) is 5.95 Å². The quantitative estimate of drug-likeness (QED) is 0.528. The lowest BCUT2D eigenvalue weighted by molar-refractivity contribution is 0.286. The summed E-state index contributed by atoms with van der Waals surface area (Å²) in [6.07, 6.45) is 1.75. The molecule has 0 saturated carbocycles. The van der Waals surface area contributed by atoms with Crippen LogP contribution in [0.25, 0.3) is 11.2 Å². The molecule has 0 amide bonds. The number of benzene rings is 1. The lowest BCUT2D eigenvalue weighted by Gasteiger charge is -2.17. The highest BCUT2D eigenvalue weighted by atomic mass is 35.5. The van der Waals surface area contributed by atoms with E-state index in [1.807, 2.05) is 35.8 Å². The van der Waals surface area contributed by atoms with Gasteiger partial charge in [-0.05, 0) is 39.0 Å². The minimum atomic E-state index is -0.336. The van der Waals surface area contributed by atoms with E-state index in [1.54, 1.807) is 6.33 Å². The minimum absolute atomic E-state index is 0.1000. The van der Waals surface area contributed by atoms with Gasteiger partial charge >= 0.3 is 0 Å². The van der Waals surface area contributed by atoms with Crippen LogP contribution < -0.4 is 10.6 Å². The molecule has 142 valence electrons. The molecule has 1 unspecified atom stereocenters. The highest BCUT2D eigenvalue weighted by Gasteiger charge is 2.17. The van der Waals surface area contributed by atoms with Crippen LogP contribution in [0.5, 0.6) is 0 Å². The second-order valence-corrected chi connectivity index (χ2v) is 7.11. The van der Waals surface area contributed by atoms with Crippen molar-refractivity contribution in [1.82, 2.24) is 19.5 Å². The summed E-state index contributed by atoms with van der Waals surface area (Å²) >= 11 is 6.09. The fraction of sp³-hybridized carbons (Fsp3) is 0.316. The second kappa shape index (κ2) is 7.94. The van der Waals surface area contributed by atoms with Crippen molar-refractivity contribution < 1.29 is 5.11 Å². The normalized spacial score (nSPS) is 12.4. The smallest absolute Gasteiger partial charge is 0.227 e. The third-order valence-electron chi connectivity index (χ3n) is 4.15. The molecule has 8 heteroatoms. The Bertz CT molecular complexity index is 968. The molecule has 0 aliphatic carbocycles. The highest BCUT2D eigenvalue weighted by Crippen LogP contribution is 2.27. The average Bonchev–Trinajstić information content (AvgIpc) is 3.04. The van der Waals surface area contributed by atoms with Crippen LogP contribution in [0.3, 0.4) is 0 Å². The lowest BCUT2D eigenvalue weighted by atomic mass is 10.2. The summed E-state index contributed by atoms with van der Waals surface area (Å²) in [6.45, 7) is 9.76. The fourth-order valence-electron chi connectivity index (χ4n) is 2.63. The molecule has 3 rings (SSSR count). The van der Waals surface area contributed by atoms with E-state index in [2.05, 4.69) is 46.0 Å². The number of nitrogens with zero attached hydrogens (tertiary/aromatic N) is 4. The molecule has 27 heavy (non-hydrogen) atoms. The zero-order valence-electron chi connectivity index (χ0n) is 15.6. The number of aromatic nitrogens is 4. The van der Waals surface area contributed by atoms with E-state index in [9.17, 15) is 5.11 Å². The molecule has 0 aliphatic rings. The Morgan fingerprint density at radius 3 is 2.74 bits per heavy atom. The summed E-state index contributed by atoms with van der Waals surface area (Å²) in [5, 5.41) is 16.6. The number of fused-ring (bicyclic) bond motifs is 1. The predicted molar refractivity (Wildman–Crippen MR) is 110 cm³/mol. The van der Waals surface area contributed by atoms with Gasteiger partial charge in [-0.1, -0.05) is 29.8 Å². The number of hydrogen-bond acceptors (Lipinski definition) is 6. The third kappa shape index (κ3) is 4.20. The van der Waals surface area contributed by atoms with E-state index in [-0.39, 0.29) is 18.7 Å². The standard InChI is InChI=1S/C19H23ClN6O/c1-11(2)15(9-27)23-19-24-17(22-14-7-5-6-13(20)8-14)16-18(25-19)26(10-21-16)12(3)4/h5-8,10,12,15,27H,1,9H2,2-4H3,(H2,22,23,24,25). The van der Waals surface area contributed by atoms with Gasteiger partial charge in [-0.25, -0.2) is 4.98 Å². The maximum absolute atomic E-state index is 9.58. The summed E-state index contributed by atoms with van der Waals surface area (Å²) in [6, 6.07) is 7.23. The molecule has 1 aromatic carbocycles. The largest absolute Gasteiger partial charge is 0.394 e. The van der Waals surface area contributed by atoms with Crippen molar-refractivity contribution in [2.45, 2.75) is 32.9 Å². The van der Waals surface area contributed by atoms with Gasteiger partial charge in [0.15, 0.2) is 17.0 Å². The molecular formula is C19H23ClN6O. The van der Waals surface area contributed by atoms with Crippen LogP contribution in [0.1, 0.15) is 26.8 Å². The number of nitrogens with one attached hydrogen (secondary N) is 2. The monoisotopic (exact) mass is 386 g/mol. The molecule has 2 heterocycles. The van der Waals surface area contributed by atoms with Crippen molar-refractivity contribution >= 4 is 40.2 Å². The molecule has 0 saturated heterocycles. The Morgan fingerprint density at radius 1 is 1.33 bits per heavy atom.